The molecule has 2 atom stereocenters. The largest absolute Gasteiger partial charge is 0.493 e. The summed E-state index contributed by atoms with van der Waals surface area (Å²) in [6.07, 6.45) is 3.59. The number of aliphatic carboxylic acids is 1. The van der Waals surface area contributed by atoms with Gasteiger partial charge in [0.05, 0.1) is 24.2 Å². The Morgan fingerprint density at radius 1 is 1.02 bits per heavy atom. The van der Waals surface area contributed by atoms with Gasteiger partial charge in [-0.15, -0.1) is 0 Å². The maximum Gasteiger partial charge on any atom is 0.310 e. The number of carboxylic acid groups (broad SMARTS) is 1. The molecule has 0 heterocycles. The van der Waals surface area contributed by atoms with Crippen molar-refractivity contribution in [3.63, 3.8) is 0 Å². The highest BCUT2D eigenvalue weighted by molar-refractivity contribution is 5.89. The third-order valence-electron chi connectivity index (χ3n) is 9.13. The van der Waals surface area contributed by atoms with Crippen LogP contribution in [0.15, 0.2) is 49.0 Å². The monoisotopic (exact) mass is 576 g/mol. The molecule has 0 saturated heterocycles. The van der Waals surface area contributed by atoms with Crippen LogP contribution in [0.5, 0.6) is 11.5 Å². The van der Waals surface area contributed by atoms with Gasteiger partial charge in [0.1, 0.15) is 17.3 Å². The number of ether oxygens (including phenoxy) is 2. The van der Waals surface area contributed by atoms with Crippen molar-refractivity contribution in [3.8, 4) is 11.5 Å². The molecule has 42 heavy (non-hydrogen) atoms. The third-order valence-corrected chi connectivity index (χ3v) is 9.13. The number of allylic oxidation sites excluding steroid dienone is 1. The molecule has 1 aliphatic carbocycles. The van der Waals surface area contributed by atoms with Crippen LogP contribution in [-0.2, 0) is 15.0 Å². The summed E-state index contributed by atoms with van der Waals surface area (Å²) in [5.41, 5.74) is 2.88. The zero-order valence-corrected chi connectivity index (χ0v) is 27.1. The molecule has 5 nitrogen and oxygen atoms in total. The average Bonchev–Trinajstić information content (AvgIpc) is 2.90. The van der Waals surface area contributed by atoms with Gasteiger partial charge < -0.3 is 14.6 Å². The zero-order valence-electron chi connectivity index (χ0n) is 27.1. The molecule has 1 unspecified atom stereocenters. The summed E-state index contributed by atoms with van der Waals surface area (Å²) in [5.74, 6) is 0.131. The molecule has 230 valence electrons. The Morgan fingerprint density at radius 2 is 1.57 bits per heavy atom. The van der Waals surface area contributed by atoms with E-state index < -0.39 is 11.4 Å². The molecule has 2 aromatic carbocycles. The highest BCUT2D eigenvalue weighted by atomic mass is 16.5. The van der Waals surface area contributed by atoms with Crippen LogP contribution in [0.25, 0.3) is 5.57 Å². The summed E-state index contributed by atoms with van der Waals surface area (Å²) < 4.78 is 12.1. The lowest BCUT2D eigenvalue weighted by atomic mass is 9.52. The van der Waals surface area contributed by atoms with Crippen molar-refractivity contribution in [2.24, 2.45) is 16.7 Å². The molecular formula is C37H52O5. The van der Waals surface area contributed by atoms with Gasteiger partial charge in [-0.05, 0) is 92.0 Å². The first kappa shape index (κ1) is 33.4. The molecule has 1 N–H and O–H groups in total. The number of ketones is 1. The van der Waals surface area contributed by atoms with E-state index in [9.17, 15) is 14.7 Å². The van der Waals surface area contributed by atoms with Gasteiger partial charge in [-0.3, -0.25) is 9.59 Å². The van der Waals surface area contributed by atoms with Crippen LogP contribution in [0, 0.1) is 16.7 Å². The SMILES string of the molecule is C=C(C)c1c(OCC)cc([C@@H](C)C(CCCC(C)(C)c2ccccc2)C(=O)CC2(C(=O)O)CC(C)(C)C2)cc1OCC. The molecule has 0 aliphatic heterocycles. The summed E-state index contributed by atoms with van der Waals surface area (Å²) in [5, 5.41) is 10.2. The minimum atomic E-state index is -0.974. The number of carbonyl (C=O) groups is 2. The molecule has 3 rings (SSSR count). The minimum absolute atomic E-state index is 0.0359. The van der Waals surface area contributed by atoms with Crippen LogP contribution in [0.3, 0.4) is 0 Å². The number of benzene rings is 2. The van der Waals surface area contributed by atoms with Crippen molar-refractivity contribution in [2.75, 3.05) is 13.2 Å². The van der Waals surface area contributed by atoms with Gasteiger partial charge >= 0.3 is 5.97 Å². The van der Waals surface area contributed by atoms with E-state index in [0.717, 1.165) is 29.5 Å². The van der Waals surface area contributed by atoms with Crippen molar-refractivity contribution < 1.29 is 24.2 Å². The molecule has 1 saturated carbocycles. The highest BCUT2D eigenvalue weighted by Gasteiger charge is 2.56. The molecule has 0 spiro atoms. The Balaban J connectivity index is 1.96. The number of rotatable bonds is 16. The first-order valence-corrected chi connectivity index (χ1v) is 15.6. The molecule has 2 aromatic rings. The molecule has 0 bridgehead atoms. The minimum Gasteiger partial charge on any atom is -0.493 e. The van der Waals surface area contributed by atoms with Crippen LogP contribution in [0.2, 0.25) is 0 Å². The molecule has 1 aliphatic rings. The molecule has 1 fully saturated rings. The van der Waals surface area contributed by atoms with Gasteiger partial charge in [0.25, 0.3) is 0 Å². The average molecular weight is 577 g/mol. The van der Waals surface area contributed by atoms with Crippen LogP contribution < -0.4 is 9.47 Å². The number of carboxylic acids is 1. The maximum absolute atomic E-state index is 14.2. The number of hydrogen-bond donors (Lipinski definition) is 1. The van der Waals surface area contributed by atoms with Crippen LogP contribution in [-0.4, -0.2) is 30.1 Å². The first-order valence-electron chi connectivity index (χ1n) is 15.6. The van der Waals surface area contributed by atoms with Crippen molar-refractivity contribution >= 4 is 17.3 Å². The Bertz CT molecular complexity index is 1220. The Hall–Kier alpha value is -3.08. The fourth-order valence-corrected chi connectivity index (χ4v) is 7.15. The second kappa shape index (κ2) is 13.5. The lowest BCUT2D eigenvalue weighted by molar-refractivity contribution is -0.167. The normalized spacial score (nSPS) is 17.0. The lowest BCUT2D eigenvalue weighted by Gasteiger charge is -2.50. The van der Waals surface area contributed by atoms with Crippen molar-refractivity contribution in [2.45, 2.75) is 105 Å². The van der Waals surface area contributed by atoms with Crippen molar-refractivity contribution in [3.05, 3.63) is 65.7 Å². The van der Waals surface area contributed by atoms with Gasteiger partial charge in [0.15, 0.2) is 0 Å². The smallest absolute Gasteiger partial charge is 0.310 e. The molecule has 0 aromatic heterocycles. The van der Waals surface area contributed by atoms with Gasteiger partial charge in [0.2, 0.25) is 0 Å². The second-order valence-electron chi connectivity index (χ2n) is 13.8. The fourth-order valence-electron chi connectivity index (χ4n) is 7.15. The van der Waals surface area contributed by atoms with Gasteiger partial charge in [-0.1, -0.05) is 78.0 Å². The molecule has 5 heteroatoms. The quantitative estimate of drug-likeness (QED) is 0.216. The van der Waals surface area contributed by atoms with E-state index >= 15 is 0 Å². The third kappa shape index (κ3) is 7.65. The highest BCUT2D eigenvalue weighted by Crippen LogP contribution is 2.57. The summed E-state index contributed by atoms with van der Waals surface area (Å²) in [4.78, 5) is 26.6. The standard InChI is InChI=1S/C37H52O5/c1-10-41-31-20-27(21-32(42-11-2)33(31)25(3)4)26(5)29(18-15-19-36(8,9)28-16-13-12-14-17-28)30(38)22-37(34(39)40)23-35(6,7)24-37/h12-14,16-17,20-21,26,29H,3,10-11,15,18-19,22-24H2,1-2,4-9H3,(H,39,40)/t26-,29?/m1/s1. The summed E-state index contributed by atoms with van der Waals surface area (Å²) in [6, 6.07) is 14.5. The van der Waals surface area contributed by atoms with Crippen LogP contribution in [0.4, 0.5) is 0 Å². The number of hydrogen-bond acceptors (Lipinski definition) is 4. The first-order chi connectivity index (χ1) is 19.7. The molecular weight excluding hydrogens is 524 g/mol. The fraction of sp³-hybridized carbons (Fsp3) is 0.568. The van der Waals surface area contributed by atoms with Gasteiger partial charge in [-0.2, -0.15) is 0 Å². The number of carbonyl (C=O) groups excluding carboxylic acids is 1. The summed E-state index contributed by atoms with van der Waals surface area (Å²) >= 11 is 0. The van der Waals surface area contributed by atoms with Crippen LogP contribution in [0.1, 0.15) is 117 Å². The summed E-state index contributed by atoms with van der Waals surface area (Å²) in [7, 11) is 0. The Labute approximate surface area is 253 Å². The second-order valence-corrected chi connectivity index (χ2v) is 13.8. The lowest BCUT2D eigenvalue weighted by Crippen LogP contribution is -2.50. The van der Waals surface area contributed by atoms with E-state index in [1.807, 2.05) is 39.0 Å². The zero-order chi connectivity index (χ0) is 31.3. The Kier molecular flexibility index (Phi) is 10.7. The summed E-state index contributed by atoms with van der Waals surface area (Å²) in [6.45, 7) is 21.7. The van der Waals surface area contributed by atoms with E-state index in [4.69, 9.17) is 9.47 Å². The number of Topliss-reactive ketones (excluding diaryl/α,β-unsaturated/α-hetero) is 1. The maximum atomic E-state index is 14.2. The van der Waals surface area contributed by atoms with Crippen molar-refractivity contribution in [1.82, 2.24) is 0 Å². The Morgan fingerprint density at radius 3 is 2.02 bits per heavy atom. The van der Waals surface area contributed by atoms with Crippen molar-refractivity contribution in [1.29, 1.82) is 0 Å². The predicted molar refractivity (Wildman–Crippen MR) is 171 cm³/mol. The molecule has 0 radical (unpaired) electrons. The van der Waals surface area contributed by atoms with E-state index in [0.29, 0.717) is 44.0 Å². The van der Waals surface area contributed by atoms with Gasteiger partial charge in [-0.25, -0.2) is 0 Å². The topological polar surface area (TPSA) is 72.8 Å². The van der Waals surface area contributed by atoms with E-state index in [-0.39, 0.29) is 34.9 Å². The van der Waals surface area contributed by atoms with Crippen LogP contribution >= 0.6 is 0 Å². The predicted octanol–water partition coefficient (Wildman–Crippen LogP) is 9.24. The van der Waals surface area contributed by atoms with E-state index in [1.165, 1.54) is 5.56 Å². The molecule has 0 amide bonds. The van der Waals surface area contributed by atoms with E-state index in [2.05, 4.69) is 65.5 Å². The van der Waals surface area contributed by atoms with E-state index in [1.54, 1.807) is 0 Å². The van der Waals surface area contributed by atoms with Gasteiger partial charge in [0, 0.05) is 12.3 Å².